The normalized spacial score (nSPS) is 11.4. The highest BCUT2D eigenvalue weighted by Gasteiger charge is 2.15. The maximum atomic E-state index is 12.1. The second kappa shape index (κ2) is 7.69. The van der Waals surface area contributed by atoms with Gasteiger partial charge in [0.1, 0.15) is 5.75 Å². The van der Waals surface area contributed by atoms with Crippen LogP contribution in [0.2, 0.25) is 5.02 Å². The van der Waals surface area contributed by atoms with Gasteiger partial charge in [-0.2, -0.15) is 5.10 Å². The van der Waals surface area contributed by atoms with Crippen molar-refractivity contribution in [2.45, 2.75) is 6.92 Å². The van der Waals surface area contributed by atoms with Crippen molar-refractivity contribution in [2.75, 3.05) is 0 Å². The van der Waals surface area contributed by atoms with Crippen LogP contribution < -0.4 is 5.43 Å². The van der Waals surface area contributed by atoms with Crippen LogP contribution in [0.3, 0.4) is 0 Å². The van der Waals surface area contributed by atoms with Crippen LogP contribution in [0.1, 0.15) is 22.8 Å². The fraction of sp³-hybridized carbons (Fsp3) is 0.0526. The fourth-order valence-corrected chi connectivity index (χ4v) is 3.48. The van der Waals surface area contributed by atoms with Crippen LogP contribution >= 0.6 is 22.9 Å². The van der Waals surface area contributed by atoms with Gasteiger partial charge in [0.15, 0.2) is 11.5 Å². The van der Waals surface area contributed by atoms with Crippen molar-refractivity contribution >= 4 is 34.6 Å². The first-order valence-corrected chi connectivity index (χ1v) is 9.06. The number of carbonyl (C=O) groups is 1. The molecule has 3 rings (SSSR count). The first-order valence-electron chi connectivity index (χ1n) is 7.80. The monoisotopic (exact) mass is 402 g/mol. The van der Waals surface area contributed by atoms with Gasteiger partial charge in [0.2, 0.25) is 0 Å². The van der Waals surface area contributed by atoms with Gasteiger partial charge >= 0.3 is 0 Å². The third-order valence-electron chi connectivity index (χ3n) is 3.82. The molecule has 0 radical (unpaired) electrons. The van der Waals surface area contributed by atoms with E-state index in [0.29, 0.717) is 21.2 Å². The quantitative estimate of drug-likeness (QED) is 0.296. The standard InChI is InChI=1S/C19H15ClN2O4S/c1-10(21-22-19(26)12-4-7-15(23)16(24)8-12)14-9-27-18(17(14)25)11-2-5-13(20)6-3-11/h2-9,23-25H,1H3,(H,22,26). The second-order valence-electron chi connectivity index (χ2n) is 5.68. The number of carbonyl (C=O) groups excluding carboxylic acids is 1. The lowest BCUT2D eigenvalue weighted by Gasteiger charge is -2.04. The first kappa shape index (κ1) is 18.8. The van der Waals surface area contributed by atoms with E-state index < -0.39 is 11.7 Å². The first-order chi connectivity index (χ1) is 12.9. The predicted molar refractivity (Wildman–Crippen MR) is 106 cm³/mol. The molecule has 27 heavy (non-hydrogen) atoms. The van der Waals surface area contributed by atoms with Gasteiger partial charge in [-0.3, -0.25) is 4.79 Å². The van der Waals surface area contributed by atoms with E-state index in [1.165, 1.54) is 23.5 Å². The Morgan fingerprint density at radius 3 is 2.44 bits per heavy atom. The number of nitrogens with one attached hydrogen (secondary N) is 1. The minimum atomic E-state index is -0.558. The summed E-state index contributed by atoms with van der Waals surface area (Å²) in [4.78, 5) is 12.8. The molecule has 0 atom stereocenters. The SMILES string of the molecule is CC(=NNC(=O)c1ccc(O)c(O)c1)c1csc(-c2ccc(Cl)cc2)c1O. The minimum absolute atomic E-state index is 0.0695. The zero-order valence-electron chi connectivity index (χ0n) is 14.1. The third kappa shape index (κ3) is 4.05. The van der Waals surface area contributed by atoms with Gasteiger partial charge in [-0.25, -0.2) is 5.43 Å². The van der Waals surface area contributed by atoms with E-state index in [4.69, 9.17) is 11.6 Å². The molecule has 0 aliphatic rings. The maximum absolute atomic E-state index is 12.1. The summed E-state index contributed by atoms with van der Waals surface area (Å²) in [5.74, 6) is -1.20. The van der Waals surface area contributed by atoms with Gasteiger partial charge < -0.3 is 15.3 Å². The lowest BCUT2D eigenvalue weighted by atomic mass is 10.1. The summed E-state index contributed by atoms with van der Waals surface area (Å²) >= 11 is 7.24. The van der Waals surface area contributed by atoms with Crippen LogP contribution in [0.4, 0.5) is 0 Å². The molecule has 4 N–H and O–H groups in total. The van der Waals surface area contributed by atoms with Crippen molar-refractivity contribution in [3.63, 3.8) is 0 Å². The highest BCUT2D eigenvalue weighted by atomic mass is 35.5. The number of halogens is 1. The highest BCUT2D eigenvalue weighted by Crippen LogP contribution is 2.39. The molecular formula is C19H15ClN2O4S. The molecule has 3 aromatic rings. The van der Waals surface area contributed by atoms with Crippen molar-refractivity contribution in [2.24, 2.45) is 5.10 Å². The molecule has 8 heteroatoms. The average Bonchev–Trinajstić information content (AvgIpc) is 3.04. The molecule has 0 fully saturated rings. The second-order valence-corrected chi connectivity index (χ2v) is 6.99. The Balaban J connectivity index is 1.79. The van der Waals surface area contributed by atoms with E-state index in [2.05, 4.69) is 10.5 Å². The van der Waals surface area contributed by atoms with Crippen molar-refractivity contribution < 1.29 is 20.1 Å². The fourth-order valence-electron chi connectivity index (χ4n) is 2.34. The van der Waals surface area contributed by atoms with Gasteiger partial charge in [0.25, 0.3) is 5.91 Å². The Bertz CT molecular complexity index is 1030. The number of aromatic hydroxyl groups is 3. The molecule has 0 spiro atoms. The van der Waals surface area contributed by atoms with Crippen LogP contribution in [-0.4, -0.2) is 26.9 Å². The molecule has 0 aliphatic carbocycles. The van der Waals surface area contributed by atoms with Gasteiger partial charge in [0.05, 0.1) is 16.2 Å². The number of benzene rings is 2. The number of phenolic OH excluding ortho intramolecular Hbond substituents is 2. The molecule has 0 unspecified atom stereocenters. The molecule has 1 aromatic heterocycles. The number of nitrogens with zero attached hydrogens (tertiary/aromatic N) is 1. The van der Waals surface area contributed by atoms with Crippen LogP contribution in [-0.2, 0) is 0 Å². The molecule has 0 aliphatic heterocycles. The maximum Gasteiger partial charge on any atom is 0.271 e. The summed E-state index contributed by atoms with van der Waals surface area (Å²) in [5.41, 5.74) is 4.24. The highest BCUT2D eigenvalue weighted by molar-refractivity contribution is 7.14. The zero-order valence-corrected chi connectivity index (χ0v) is 15.7. The number of hydrogen-bond acceptors (Lipinski definition) is 6. The summed E-state index contributed by atoms with van der Waals surface area (Å²) < 4.78 is 0. The van der Waals surface area contributed by atoms with E-state index in [-0.39, 0.29) is 17.1 Å². The Kier molecular flexibility index (Phi) is 5.34. The van der Waals surface area contributed by atoms with Crippen LogP contribution in [0.15, 0.2) is 52.9 Å². The summed E-state index contributed by atoms with van der Waals surface area (Å²) in [7, 11) is 0. The van der Waals surface area contributed by atoms with E-state index in [1.807, 2.05) is 12.1 Å². The number of hydrogen-bond donors (Lipinski definition) is 4. The largest absolute Gasteiger partial charge is 0.506 e. The minimum Gasteiger partial charge on any atom is -0.506 e. The molecule has 1 heterocycles. The predicted octanol–water partition coefficient (Wildman–Crippen LogP) is 4.34. The van der Waals surface area contributed by atoms with Crippen LogP contribution in [0, 0.1) is 0 Å². The smallest absolute Gasteiger partial charge is 0.271 e. The number of phenols is 2. The third-order valence-corrected chi connectivity index (χ3v) is 5.09. The topological polar surface area (TPSA) is 102 Å². The Morgan fingerprint density at radius 2 is 1.78 bits per heavy atom. The van der Waals surface area contributed by atoms with E-state index in [0.717, 1.165) is 11.6 Å². The van der Waals surface area contributed by atoms with Crippen molar-refractivity contribution in [3.05, 3.63) is 64.0 Å². The molecule has 6 nitrogen and oxygen atoms in total. The van der Waals surface area contributed by atoms with Crippen LogP contribution in [0.5, 0.6) is 17.2 Å². The summed E-state index contributed by atoms with van der Waals surface area (Å²) in [5, 5.41) is 35.6. The molecule has 138 valence electrons. The van der Waals surface area contributed by atoms with E-state index >= 15 is 0 Å². The molecule has 1 amide bonds. The summed E-state index contributed by atoms with van der Waals surface area (Å²) in [6, 6.07) is 10.8. The average molecular weight is 403 g/mol. The molecule has 0 bridgehead atoms. The lowest BCUT2D eigenvalue weighted by molar-refractivity contribution is 0.0954. The number of hydrazone groups is 1. The molecule has 0 saturated heterocycles. The number of amides is 1. The summed E-state index contributed by atoms with van der Waals surface area (Å²) in [6.07, 6.45) is 0. The lowest BCUT2D eigenvalue weighted by Crippen LogP contribution is -2.19. The van der Waals surface area contributed by atoms with Gasteiger partial charge in [-0.05, 0) is 42.8 Å². The number of rotatable bonds is 4. The van der Waals surface area contributed by atoms with Gasteiger partial charge in [-0.1, -0.05) is 23.7 Å². The Labute approximate surface area is 164 Å². The van der Waals surface area contributed by atoms with Crippen molar-refractivity contribution in [1.29, 1.82) is 0 Å². The molecular weight excluding hydrogens is 388 g/mol. The van der Waals surface area contributed by atoms with Gasteiger partial charge in [-0.15, -0.1) is 11.3 Å². The van der Waals surface area contributed by atoms with Gasteiger partial charge in [0, 0.05) is 16.0 Å². The Morgan fingerprint density at radius 1 is 1.07 bits per heavy atom. The van der Waals surface area contributed by atoms with E-state index in [1.54, 1.807) is 24.4 Å². The molecule has 0 saturated carbocycles. The van der Waals surface area contributed by atoms with E-state index in [9.17, 15) is 20.1 Å². The van der Waals surface area contributed by atoms with Crippen molar-refractivity contribution in [1.82, 2.24) is 5.43 Å². The number of thiophene rings is 1. The zero-order chi connectivity index (χ0) is 19.6. The van der Waals surface area contributed by atoms with Crippen LogP contribution in [0.25, 0.3) is 10.4 Å². The van der Waals surface area contributed by atoms with Crippen molar-refractivity contribution in [3.8, 4) is 27.7 Å². The Hall–Kier alpha value is -3.03. The summed E-state index contributed by atoms with van der Waals surface area (Å²) in [6.45, 7) is 1.65. The molecule has 2 aromatic carbocycles.